The van der Waals surface area contributed by atoms with Crippen molar-refractivity contribution < 1.29 is 0 Å². The highest BCUT2D eigenvalue weighted by Gasteiger charge is 2.18. The van der Waals surface area contributed by atoms with E-state index in [1.165, 1.54) is 0 Å². The second-order valence-electron chi connectivity index (χ2n) is 5.03. The van der Waals surface area contributed by atoms with Gasteiger partial charge in [-0.15, -0.1) is 0 Å². The van der Waals surface area contributed by atoms with Crippen molar-refractivity contribution in [2.45, 2.75) is 26.3 Å². The summed E-state index contributed by atoms with van der Waals surface area (Å²) in [7, 11) is 0. The molecule has 0 fully saturated rings. The number of aromatic nitrogens is 4. The summed E-state index contributed by atoms with van der Waals surface area (Å²) in [6, 6.07) is 6.05. The van der Waals surface area contributed by atoms with Gasteiger partial charge in [0.2, 0.25) is 0 Å². The summed E-state index contributed by atoms with van der Waals surface area (Å²) in [5.41, 5.74) is 3.12. The monoisotopic (exact) mass is 214 g/mol. The molecule has 4 nitrogen and oxygen atoms in total. The molecule has 0 aliphatic carbocycles. The number of aromatic amines is 1. The standard InChI is InChI=1S/C12H14N4/c1-12(2,3)16-11-8-6-7-13-9(8)4-5-10(11)14-15-16/h4-7,15H,1-3H3. The van der Waals surface area contributed by atoms with Crippen molar-refractivity contribution in [3.8, 4) is 0 Å². The smallest absolute Gasteiger partial charge is 0.111 e. The Kier molecular flexibility index (Phi) is 1.67. The van der Waals surface area contributed by atoms with Crippen LogP contribution in [0.25, 0.3) is 21.9 Å². The Hall–Kier alpha value is -1.84. The molecule has 0 bridgehead atoms. The summed E-state index contributed by atoms with van der Waals surface area (Å²) in [4.78, 5) is 4.32. The lowest BCUT2D eigenvalue weighted by molar-refractivity contribution is 0.359. The zero-order valence-electron chi connectivity index (χ0n) is 9.65. The number of benzene rings is 1. The third-order valence-electron chi connectivity index (χ3n) is 2.79. The molecule has 1 N–H and O–H groups in total. The summed E-state index contributed by atoms with van der Waals surface area (Å²) in [6.07, 6.45) is 1.84. The SMILES string of the molecule is CC(C)(C)n1[nH]nc2ccc3nccc3c21. The summed E-state index contributed by atoms with van der Waals surface area (Å²) < 4.78 is 2.09. The highest BCUT2D eigenvalue weighted by atomic mass is 15.4. The predicted molar refractivity (Wildman–Crippen MR) is 64.4 cm³/mol. The van der Waals surface area contributed by atoms with E-state index in [1.54, 1.807) is 0 Å². The minimum absolute atomic E-state index is 0.0136. The maximum Gasteiger partial charge on any atom is 0.111 e. The summed E-state index contributed by atoms with van der Waals surface area (Å²) >= 11 is 0. The van der Waals surface area contributed by atoms with Crippen molar-refractivity contribution >= 4 is 21.9 Å². The summed E-state index contributed by atoms with van der Waals surface area (Å²) in [5.74, 6) is 0. The van der Waals surface area contributed by atoms with E-state index in [-0.39, 0.29) is 5.54 Å². The van der Waals surface area contributed by atoms with Crippen LogP contribution in [0.15, 0.2) is 24.4 Å². The highest BCUT2D eigenvalue weighted by molar-refractivity contribution is 6.02. The largest absolute Gasteiger partial charge is 0.264 e. The van der Waals surface area contributed by atoms with Crippen molar-refractivity contribution in [3.63, 3.8) is 0 Å². The fraction of sp³-hybridized carbons (Fsp3) is 0.333. The Labute approximate surface area is 93.3 Å². The quantitative estimate of drug-likeness (QED) is 0.625. The van der Waals surface area contributed by atoms with Gasteiger partial charge < -0.3 is 0 Å². The van der Waals surface area contributed by atoms with E-state index in [2.05, 4.69) is 40.7 Å². The first kappa shape index (κ1) is 9.39. The van der Waals surface area contributed by atoms with Crippen LogP contribution in [-0.2, 0) is 5.54 Å². The van der Waals surface area contributed by atoms with Crippen molar-refractivity contribution in [3.05, 3.63) is 24.4 Å². The summed E-state index contributed by atoms with van der Waals surface area (Å²) in [5, 5.41) is 8.55. The molecule has 0 spiro atoms. The Bertz CT molecular complexity index is 654. The molecule has 0 saturated heterocycles. The van der Waals surface area contributed by atoms with E-state index in [1.807, 2.05) is 24.4 Å². The van der Waals surface area contributed by atoms with Gasteiger partial charge in [0.05, 0.1) is 16.6 Å². The number of hydrogen-bond acceptors (Lipinski definition) is 2. The van der Waals surface area contributed by atoms with Crippen molar-refractivity contribution in [1.29, 1.82) is 0 Å². The van der Waals surface area contributed by atoms with Crippen LogP contribution >= 0.6 is 0 Å². The zero-order chi connectivity index (χ0) is 11.3. The first-order valence-electron chi connectivity index (χ1n) is 5.38. The number of nitrogens with zero attached hydrogens (tertiary/aromatic N) is 3. The zero-order valence-corrected chi connectivity index (χ0v) is 9.65. The van der Waals surface area contributed by atoms with Crippen LogP contribution in [0.3, 0.4) is 0 Å². The maximum absolute atomic E-state index is 4.33. The van der Waals surface area contributed by atoms with Crippen LogP contribution < -0.4 is 0 Å². The van der Waals surface area contributed by atoms with Crippen LogP contribution in [0.5, 0.6) is 0 Å². The Morgan fingerprint density at radius 3 is 2.62 bits per heavy atom. The lowest BCUT2D eigenvalue weighted by Gasteiger charge is -2.20. The molecule has 0 radical (unpaired) electrons. The van der Waals surface area contributed by atoms with Crippen molar-refractivity contribution in [2.24, 2.45) is 0 Å². The van der Waals surface area contributed by atoms with Crippen LogP contribution in [0.1, 0.15) is 20.8 Å². The third kappa shape index (κ3) is 1.16. The first-order chi connectivity index (χ1) is 7.57. The minimum Gasteiger partial charge on any atom is -0.264 e. The van der Waals surface area contributed by atoms with E-state index >= 15 is 0 Å². The fourth-order valence-corrected chi connectivity index (χ4v) is 2.02. The van der Waals surface area contributed by atoms with E-state index in [0.29, 0.717) is 0 Å². The van der Waals surface area contributed by atoms with E-state index in [0.717, 1.165) is 21.9 Å². The molecule has 0 saturated carbocycles. The average molecular weight is 214 g/mol. The molecule has 0 atom stereocenters. The van der Waals surface area contributed by atoms with E-state index in [9.17, 15) is 0 Å². The molecule has 3 aromatic rings. The number of hydrogen-bond donors (Lipinski definition) is 1. The number of rotatable bonds is 0. The molecular formula is C12H14N4. The molecule has 2 heterocycles. The Balaban J connectivity index is 2.51. The number of fused-ring (bicyclic) bond motifs is 3. The number of nitrogens with one attached hydrogen (secondary N) is 1. The molecule has 0 aliphatic heterocycles. The van der Waals surface area contributed by atoms with E-state index in [4.69, 9.17) is 0 Å². The van der Waals surface area contributed by atoms with Gasteiger partial charge in [0.25, 0.3) is 0 Å². The van der Waals surface area contributed by atoms with E-state index < -0.39 is 0 Å². The van der Waals surface area contributed by atoms with Gasteiger partial charge in [0, 0.05) is 11.6 Å². The second-order valence-corrected chi connectivity index (χ2v) is 5.03. The molecule has 3 rings (SSSR count). The second kappa shape index (κ2) is 2.84. The van der Waals surface area contributed by atoms with Gasteiger partial charge in [-0.2, -0.15) is 5.10 Å². The molecule has 16 heavy (non-hydrogen) atoms. The first-order valence-corrected chi connectivity index (χ1v) is 5.38. The summed E-state index contributed by atoms with van der Waals surface area (Å²) in [6.45, 7) is 6.46. The van der Waals surface area contributed by atoms with Gasteiger partial charge in [0.1, 0.15) is 5.52 Å². The maximum atomic E-state index is 4.33. The van der Waals surface area contributed by atoms with Gasteiger partial charge in [-0.25, -0.2) is 5.21 Å². The molecule has 2 aromatic heterocycles. The van der Waals surface area contributed by atoms with Crippen LogP contribution in [0.2, 0.25) is 0 Å². The fourth-order valence-electron chi connectivity index (χ4n) is 2.02. The normalized spacial score (nSPS) is 12.7. The topological polar surface area (TPSA) is 46.5 Å². The van der Waals surface area contributed by atoms with Crippen molar-refractivity contribution in [1.82, 2.24) is 20.0 Å². The van der Waals surface area contributed by atoms with Gasteiger partial charge in [-0.3, -0.25) is 9.67 Å². The molecule has 4 heteroatoms. The van der Waals surface area contributed by atoms with Crippen molar-refractivity contribution in [2.75, 3.05) is 0 Å². The molecule has 1 aromatic carbocycles. The molecule has 0 amide bonds. The van der Waals surface area contributed by atoms with Gasteiger partial charge >= 0.3 is 0 Å². The van der Waals surface area contributed by atoms with Crippen LogP contribution in [0, 0.1) is 0 Å². The average Bonchev–Trinajstić information content (AvgIpc) is 2.81. The third-order valence-corrected chi connectivity index (χ3v) is 2.79. The predicted octanol–water partition coefficient (Wildman–Crippen LogP) is 2.67. The lowest BCUT2D eigenvalue weighted by Crippen LogP contribution is -2.23. The van der Waals surface area contributed by atoms with Gasteiger partial charge in [-0.05, 0) is 39.0 Å². The molecule has 0 aliphatic rings. The molecule has 0 unspecified atom stereocenters. The van der Waals surface area contributed by atoms with Gasteiger partial charge in [0.15, 0.2) is 0 Å². The van der Waals surface area contributed by atoms with Gasteiger partial charge in [-0.1, -0.05) is 0 Å². The lowest BCUT2D eigenvalue weighted by atomic mass is 10.1. The van der Waals surface area contributed by atoms with Crippen LogP contribution in [0.4, 0.5) is 0 Å². The molecular weight excluding hydrogens is 200 g/mol. The Morgan fingerprint density at radius 1 is 1.12 bits per heavy atom. The van der Waals surface area contributed by atoms with Crippen LogP contribution in [-0.4, -0.2) is 20.0 Å². The number of H-pyrrole nitrogens is 1. The minimum atomic E-state index is -0.0136. The highest BCUT2D eigenvalue weighted by Crippen LogP contribution is 2.26. The Morgan fingerprint density at radius 2 is 1.88 bits per heavy atom. The molecule has 82 valence electrons.